The van der Waals surface area contributed by atoms with Crippen LogP contribution in [0.1, 0.15) is 30.6 Å². The van der Waals surface area contributed by atoms with E-state index in [1.54, 1.807) is 0 Å². The van der Waals surface area contributed by atoms with Crippen molar-refractivity contribution in [2.45, 2.75) is 32.0 Å². The quantitative estimate of drug-likeness (QED) is 0.318. The molecule has 3 aromatic rings. The van der Waals surface area contributed by atoms with Gasteiger partial charge in [0.15, 0.2) is 5.96 Å². The summed E-state index contributed by atoms with van der Waals surface area (Å²) in [5.41, 5.74) is 3.33. The monoisotopic (exact) mass is 504 g/mol. The lowest BCUT2D eigenvalue weighted by molar-refractivity contribution is 0.258. The van der Waals surface area contributed by atoms with Gasteiger partial charge < -0.3 is 15.0 Å². The van der Waals surface area contributed by atoms with E-state index in [1.165, 1.54) is 5.56 Å². The van der Waals surface area contributed by atoms with Crippen LogP contribution >= 0.6 is 24.0 Å². The second kappa shape index (κ2) is 10.1. The zero-order chi connectivity index (χ0) is 19.3. The Morgan fingerprint density at radius 2 is 2.00 bits per heavy atom. The van der Waals surface area contributed by atoms with Crippen molar-refractivity contribution in [1.82, 2.24) is 24.9 Å². The van der Waals surface area contributed by atoms with Gasteiger partial charge in [0, 0.05) is 44.6 Å². The number of hydrogen-bond donors (Lipinski definition) is 2. The second-order valence-corrected chi connectivity index (χ2v) is 7.34. The standard InChI is InChI=1S/C22H28N6.HI/c1-17(18-8-4-3-5-9-18)27-13-11-19(15-27)26-22(23-2)24-14-20-16-28-12-7-6-10-21(28)25-20;/h3-10,12,16-17,19H,11,13-15H2,1-2H3,(H2,23,24,26);1H. The first kappa shape index (κ1) is 21.6. The smallest absolute Gasteiger partial charge is 0.191 e. The van der Waals surface area contributed by atoms with Gasteiger partial charge in [-0.1, -0.05) is 36.4 Å². The molecule has 1 fully saturated rings. The lowest BCUT2D eigenvalue weighted by atomic mass is 10.1. The van der Waals surface area contributed by atoms with Crippen molar-refractivity contribution in [3.8, 4) is 0 Å². The van der Waals surface area contributed by atoms with Crippen molar-refractivity contribution in [3.05, 3.63) is 72.2 Å². The number of nitrogens with one attached hydrogen (secondary N) is 2. The molecule has 0 saturated carbocycles. The van der Waals surface area contributed by atoms with Crippen LogP contribution in [-0.4, -0.2) is 46.4 Å². The number of aromatic nitrogens is 2. The van der Waals surface area contributed by atoms with Gasteiger partial charge in [-0.2, -0.15) is 0 Å². The van der Waals surface area contributed by atoms with E-state index in [9.17, 15) is 0 Å². The van der Waals surface area contributed by atoms with Crippen LogP contribution in [0.2, 0.25) is 0 Å². The molecule has 0 bridgehead atoms. The van der Waals surface area contributed by atoms with Gasteiger partial charge in [-0.05, 0) is 31.0 Å². The molecule has 2 N–H and O–H groups in total. The van der Waals surface area contributed by atoms with Gasteiger partial charge in [0.25, 0.3) is 0 Å². The van der Waals surface area contributed by atoms with Gasteiger partial charge in [0.2, 0.25) is 0 Å². The van der Waals surface area contributed by atoms with Gasteiger partial charge in [0.05, 0.1) is 12.2 Å². The van der Waals surface area contributed by atoms with Gasteiger partial charge in [-0.15, -0.1) is 24.0 Å². The van der Waals surface area contributed by atoms with Crippen molar-refractivity contribution in [1.29, 1.82) is 0 Å². The summed E-state index contributed by atoms with van der Waals surface area (Å²) in [5, 5.41) is 6.96. The maximum atomic E-state index is 4.63. The van der Waals surface area contributed by atoms with Crippen LogP contribution in [0.5, 0.6) is 0 Å². The Morgan fingerprint density at radius 3 is 2.76 bits per heavy atom. The lowest BCUT2D eigenvalue weighted by Gasteiger charge is -2.25. The molecule has 3 heterocycles. The third kappa shape index (κ3) is 5.27. The number of nitrogens with zero attached hydrogens (tertiary/aromatic N) is 4. The molecule has 2 unspecified atom stereocenters. The zero-order valence-electron chi connectivity index (χ0n) is 17.0. The number of guanidine groups is 1. The molecule has 1 aromatic carbocycles. The molecular weight excluding hydrogens is 475 g/mol. The Bertz CT molecular complexity index is 906. The first-order chi connectivity index (χ1) is 13.7. The fraction of sp³-hybridized carbons (Fsp3) is 0.364. The van der Waals surface area contributed by atoms with Gasteiger partial charge in [0.1, 0.15) is 5.65 Å². The predicted molar refractivity (Wildman–Crippen MR) is 129 cm³/mol. The third-order valence-corrected chi connectivity index (χ3v) is 5.46. The molecule has 0 amide bonds. The van der Waals surface area contributed by atoms with Crippen molar-refractivity contribution < 1.29 is 0 Å². The summed E-state index contributed by atoms with van der Waals surface area (Å²) in [6, 6.07) is 17.6. The number of pyridine rings is 1. The Kier molecular flexibility index (Phi) is 7.49. The van der Waals surface area contributed by atoms with E-state index < -0.39 is 0 Å². The number of imidazole rings is 1. The normalized spacial score (nSPS) is 18.4. The van der Waals surface area contributed by atoms with E-state index in [4.69, 9.17) is 0 Å². The highest BCUT2D eigenvalue weighted by molar-refractivity contribution is 14.0. The molecule has 0 radical (unpaired) electrons. The Hall–Kier alpha value is -2.13. The molecule has 7 heteroatoms. The number of halogens is 1. The first-order valence-electron chi connectivity index (χ1n) is 9.92. The van der Waals surface area contributed by atoms with E-state index in [-0.39, 0.29) is 24.0 Å². The molecule has 6 nitrogen and oxygen atoms in total. The molecule has 1 saturated heterocycles. The topological polar surface area (TPSA) is 57.0 Å². The van der Waals surface area contributed by atoms with Crippen molar-refractivity contribution in [2.75, 3.05) is 20.1 Å². The largest absolute Gasteiger partial charge is 0.352 e. The Labute approximate surface area is 189 Å². The van der Waals surface area contributed by atoms with Crippen LogP contribution in [0.3, 0.4) is 0 Å². The average molecular weight is 504 g/mol. The number of benzene rings is 1. The lowest BCUT2D eigenvalue weighted by Crippen LogP contribution is -2.44. The summed E-state index contributed by atoms with van der Waals surface area (Å²) >= 11 is 0. The minimum atomic E-state index is 0. The summed E-state index contributed by atoms with van der Waals surface area (Å²) in [7, 11) is 1.82. The maximum absolute atomic E-state index is 4.63. The highest BCUT2D eigenvalue weighted by atomic mass is 127. The van der Waals surface area contributed by atoms with Crippen LogP contribution in [0.4, 0.5) is 0 Å². The predicted octanol–water partition coefficient (Wildman–Crippen LogP) is 3.45. The van der Waals surface area contributed by atoms with E-state index in [2.05, 4.69) is 69.0 Å². The highest BCUT2D eigenvalue weighted by Crippen LogP contribution is 2.24. The molecule has 4 rings (SSSR count). The molecular formula is C22H29IN6. The highest BCUT2D eigenvalue weighted by Gasteiger charge is 2.27. The molecule has 2 aromatic heterocycles. The number of aliphatic imine (C=N–C) groups is 1. The molecule has 2 atom stereocenters. The van der Waals surface area contributed by atoms with E-state index >= 15 is 0 Å². The van der Waals surface area contributed by atoms with Crippen LogP contribution in [0.25, 0.3) is 5.65 Å². The zero-order valence-corrected chi connectivity index (χ0v) is 19.3. The Balaban J connectivity index is 0.00000240. The molecule has 0 spiro atoms. The van der Waals surface area contributed by atoms with E-state index in [0.717, 1.165) is 36.8 Å². The van der Waals surface area contributed by atoms with Crippen LogP contribution in [-0.2, 0) is 6.54 Å². The molecule has 154 valence electrons. The fourth-order valence-corrected chi connectivity index (χ4v) is 3.83. The van der Waals surface area contributed by atoms with Crippen molar-refractivity contribution in [3.63, 3.8) is 0 Å². The van der Waals surface area contributed by atoms with Crippen LogP contribution in [0, 0.1) is 0 Å². The number of rotatable bonds is 5. The summed E-state index contributed by atoms with van der Waals surface area (Å²) in [6.07, 6.45) is 5.18. The van der Waals surface area contributed by atoms with Gasteiger partial charge >= 0.3 is 0 Å². The molecule has 1 aliphatic rings. The second-order valence-electron chi connectivity index (χ2n) is 7.34. The maximum Gasteiger partial charge on any atom is 0.191 e. The van der Waals surface area contributed by atoms with Crippen molar-refractivity contribution in [2.24, 2.45) is 4.99 Å². The number of fused-ring (bicyclic) bond motifs is 1. The summed E-state index contributed by atoms with van der Waals surface area (Å²) in [5.74, 6) is 0.830. The van der Waals surface area contributed by atoms with E-state index in [0.29, 0.717) is 18.6 Å². The molecule has 0 aliphatic carbocycles. The van der Waals surface area contributed by atoms with Gasteiger partial charge in [-0.3, -0.25) is 9.89 Å². The fourth-order valence-electron chi connectivity index (χ4n) is 3.83. The molecule has 29 heavy (non-hydrogen) atoms. The van der Waals surface area contributed by atoms with Crippen LogP contribution in [0.15, 0.2) is 65.9 Å². The van der Waals surface area contributed by atoms with Crippen molar-refractivity contribution >= 4 is 35.6 Å². The average Bonchev–Trinajstić information content (AvgIpc) is 3.37. The molecule has 1 aliphatic heterocycles. The summed E-state index contributed by atoms with van der Waals surface area (Å²) in [4.78, 5) is 11.5. The number of likely N-dealkylation sites (tertiary alicyclic amines) is 1. The first-order valence-corrected chi connectivity index (χ1v) is 9.92. The SMILES string of the molecule is CN=C(NCc1cn2ccccc2n1)NC1CCN(C(C)c2ccccc2)C1.I. The van der Waals surface area contributed by atoms with E-state index in [1.807, 2.05) is 35.8 Å². The summed E-state index contributed by atoms with van der Waals surface area (Å²) in [6.45, 7) is 5.05. The Morgan fingerprint density at radius 1 is 1.21 bits per heavy atom. The third-order valence-electron chi connectivity index (χ3n) is 5.46. The van der Waals surface area contributed by atoms with Gasteiger partial charge in [-0.25, -0.2) is 4.98 Å². The van der Waals surface area contributed by atoms with Crippen LogP contribution < -0.4 is 10.6 Å². The minimum absolute atomic E-state index is 0. The summed E-state index contributed by atoms with van der Waals surface area (Å²) < 4.78 is 2.03. The number of hydrogen-bond acceptors (Lipinski definition) is 3. The minimum Gasteiger partial charge on any atom is -0.352 e.